The molecule has 0 spiro atoms. The molecule has 0 radical (unpaired) electrons. The summed E-state index contributed by atoms with van der Waals surface area (Å²) in [5.41, 5.74) is 0. The number of fused-ring (bicyclic) bond motifs is 1. The smallest absolute Gasteiger partial charge is 0.171 e. The summed E-state index contributed by atoms with van der Waals surface area (Å²) in [5, 5.41) is 3.20. The number of nitrogens with one attached hydrogen (secondary N) is 1. The minimum Gasteiger partial charge on any atom is -0.360 e. The van der Waals surface area contributed by atoms with E-state index in [4.69, 9.17) is 21.1 Å². The molecule has 21 heavy (non-hydrogen) atoms. The molecule has 1 aromatic heterocycles. The molecule has 6 nitrogen and oxygen atoms in total. The molecule has 1 saturated heterocycles. The summed E-state index contributed by atoms with van der Waals surface area (Å²) in [6.45, 7) is 3.92. The maximum atomic E-state index is 12.4. The Kier molecular flexibility index (Phi) is 3.86. The van der Waals surface area contributed by atoms with Crippen LogP contribution in [0, 0.1) is 5.92 Å². The molecule has 0 amide bonds. The topological polar surface area (TPSA) is 73.3 Å². The maximum Gasteiger partial charge on any atom is 0.171 e. The van der Waals surface area contributed by atoms with Crippen LogP contribution in [0.5, 0.6) is 0 Å². The van der Waals surface area contributed by atoms with Gasteiger partial charge in [0.1, 0.15) is 0 Å². The number of nitrogens with zero attached hydrogens (tertiary/aromatic N) is 2. The molecule has 2 unspecified atom stereocenters. The van der Waals surface area contributed by atoms with Crippen LogP contribution in [0.2, 0.25) is 5.15 Å². The molecule has 7 heteroatoms. The molecule has 2 fully saturated rings. The number of ether oxygens (including phenoxy) is 2. The Morgan fingerprint density at radius 2 is 2.14 bits per heavy atom. The zero-order chi connectivity index (χ0) is 15.0. The number of carbonyl (C=O) groups is 1. The molecule has 3 atom stereocenters. The SMILES string of the molecule is CC1(C)OC2CC[C@@H](C(=O)CNc3nccnc3Cl)C2O1. The number of rotatable bonds is 4. The van der Waals surface area contributed by atoms with Crippen LogP contribution in [0.3, 0.4) is 0 Å². The van der Waals surface area contributed by atoms with Crippen molar-refractivity contribution in [2.45, 2.75) is 44.7 Å². The molecule has 1 saturated carbocycles. The summed E-state index contributed by atoms with van der Waals surface area (Å²) in [4.78, 5) is 20.4. The summed E-state index contributed by atoms with van der Waals surface area (Å²) in [6, 6.07) is 0. The average molecular weight is 312 g/mol. The minimum atomic E-state index is -0.601. The average Bonchev–Trinajstić information content (AvgIpc) is 2.92. The fourth-order valence-electron chi connectivity index (χ4n) is 3.02. The van der Waals surface area contributed by atoms with E-state index >= 15 is 0 Å². The number of Topliss-reactive ketones (excluding diaryl/α,β-unsaturated/α-hetero) is 1. The summed E-state index contributed by atoms with van der Waals surface area (Å²) >= 11 is 5.90. The first kappa shape index (κ1) is 14.7. The number of hydrogen-bond acceptors (Lipinski definition) is 6. The highest BCUT2D eigenvalue weighted by molar-refractivity contribution is 6.31. The summed E-state index contributed by atoms with van der Waals surface area (Å²) in [5.74, 6) is -0.230. The van der Waals surface area contributed by atoms with E-state index < -0.39 is 5.79 Å². The second kappa shape index (κ2) is 5.51. The van der Waals surface area contributed by atoms with E-state index in [2.05, 4.69) is 15.3 Å². The molecular weight excluding hydrogens is 294 g/mol. The highest BCUT2D eigenvalue weighted by atomic mass is 35.5. The quantitative estimate of drug-likeness (QED) is 0.917. The molecule has 3 rings (SSSR count). The predicted molar refractivity (Wildman–Crippen MR) is 77.1 cm³/mol. The van der Waals surface area contributed by atoms with Gasteiger partial charge < -0.3 is 14.8 Å². The Labute approximate surface area is 128 Å². The highest BCUT2D eigenvalue weighted by Gasteiger charge is 2.50. The fourth-order valence-corrected chi connectivity index (χ4v) is 3.19. The van der Waals surface area contributed by atoms with E-state index in [1.807, 2.05) is 13.8 Å². The van der Waals surface area contributed by atoms with E-state index in [9.17, 15) is 4.79 Å². The van der Waals surface area contributed by atoms with Gasteiger partial charge in [-0.2, -0.15) is 0 Å². The molecule has 2 aliphatic rings. The first-order valence-corrected chi connectivity index (χ1v) is 7.43. The van der Waals surface area contributed by atoms with Gasteiger partial charge in [0.2, 0.25) is 0 Å². The molecule has 1 aliphatic heterocycles. The van der Waals surface area contributed by atoms with E-state index in [0.717, 1.165) is 12.8 Å². The van der Waals surface area contributed by atoms with Gasteiger partial charge in [-0.3, -0.25) is 4.79 Å². The van der Waals surface area contributed by atoms with E-state index in [0.29, 0.717) is 5.82 Å². The van der Waals surface area contributed by atoms with Gasteiger partial charge in [0.15, 0.2) is 22.5 Å². The third-order valence-electron chi connectivity index (χ3n) is 3.88. The number of carbonyl (C=O) groups excluding carboxylic acids is 1. The van der Waals surface area contributed by atoms with E-state index in [-0.39, 0.29) is 35.6 Å². The highest BCUT2D eigenvalue weighted by Crippen LogP contribution is 2.41. The maximum absolute atomic E-state index is 12.4. The van der Waals surface area contributed by atoms with Gasteiger partial charge in [-0.1, -0.05) is 11.6 Å². The number of anilines is 1. The molecule has 1 aliphatic carbocycles. The molecule has 1 N–H and O–H groups in total. The van der Waals surface area contributed by atoms with Crippen molar-refractivity contribution in [1.82, 2.24) is 9.97 Å². The Morgan fingerprint density at radius 3 is 2.90 bits per heavy atom. The Hall–Kier alpha value is -1.24. The van der Waals surface area contributed by atoms with Gasteiger partial charge in [-0.05, 0) is 26.7 Å². The van der Waals surface area contributed by atoms with Crippen LogP contribution < -0.4 is 5.32 Å². The van der Waals surface area contributed by atoms with Crippen molar-refractivity contribution in [2.24, 2.45) is 5.92 Å². The molecule has 1 aromatic rings. The zero-order valence-corrected chi connectivity index (χ0v) is 12.8. The summed E-state index contributed by atoms with van der Waals surface area (Å²) in [6.07, 6.45) is 4.56. The van der Waals surface area contributed by atoms with Crippen molar-refractivity contribution in [3.63, 3.8) is 0 Å². The van der Waals surface area contributed by atoms with Gasteiger partial charge >= 0.3 is 0 Å². The molecule has 0 bridgehead atoms. The van der Waals surface area contributed by atoms with Crippen LogP contribution in [-0.4, -0.2) is 40.3 Å². The van der Waals surface area contributed by atoms with Gasteiger partial charge in [-0.15, -0.1) is 0 Å². The van der Waals surface area contributed by atoms with Crippen LogP contribution in [0.15, 0.2) is 12.4 Å². The fraction of sp³-hybridized carbons (Fsp3) is 0.643. The van der Waals surface area contributed by atoms with Crippen molar-refractivity contribution in [1.29, 1.82) is 0 Å². The van der Waals surface area contributed by atoms with Gasteiger partial charge in [0.25, 0.3) is 0 Å². The van der Waals surface area contributed by atoms with Crippen LogP contribution in [0.1, 0.15) is 26.7 Å². The lowest BCUT2D eigenvalue weighted by atomic mass is 10.00. The lowest BCUT2D eigenvalue weighted by molar-refractivity contribution is -0.158. The van der Waals surface area contributed by atoms with Crippen molar-refractivity contribution in [2.75, 3.05) is 11.9 Å². The second-order valence-electron chi connectivity index (χ2n) is 5.84. The number of ketones is 1. The first-order valence-electron chi connectivity index (χ1n) is 7.05. The van der Waals surface area contributed by atoms with Crippen LogP contribution >= 0.6 is 11.6 Å². The largest absolute Gasteiger partial charge is 0.360 e. The predicted octanol–water partition coefficient (Wildman–Crippen LogP) is 2.04. The van der Waals surface area contributed by atoms with Crippen molar-refractivity contribution in [3.8, 4) is 0 Å². The van der Waals surface area contributed by atoms with Crippen molar-refractivity contribution >= 4 is 23.2 Å². The third kappa shape index (κ3) is 3.02. The Bertz CT molecular complexity index is 552. The first-order chi connectivity index (χ1) is 9.96. The summed E-state index contributed by atoms with van der Waals surface area (Å²) in [7, 11) is 0. The monoisotopic (exact) mass is 311 g/mol. The molecule has 114 valence electrons. The van der Waals surface area contributed by atoms with Crippen LogP contribution in [-0.2, 0) is 14.3 Å². The molecule has 0 aromatic carbocycles. The van der Waals surface area contributed by atoms with Crippen molar-refractivity contribution < 1.29 is 14.3 Å². The van der Waals surface area contributed by atoms with Crippen molar-refractivity contribution in [3.05, 3.63) is 17.5 Å². The Balaban J connectivity index is 1.60. The number of hydrogen-bond donors (Lipinski definition) is 1. The second-order valence-corrected chi connectivity index (χ2v) is 6.20. The van der Waals surface area contributed by atoms with Gasteiger partial charge in [0, 0.05) is 18.3 Å². The Morgan fingerprint density at radius 1 is 1.38 bits per heavy atom. The van der Waals surface area contributed by atoms with E-state index in [1.54, 1.807) is 0 Å². The number of halogens is 1. The van der Waals surface area contributed by atoms with E-state index in [1.165, 1.54) is 12.4 Å². The van der Waals surface area contributed by atoms with Crippen LogP contribution in [0.4, 0.5) is 5.82 Å². The standard InChI is InChI=1S/C14H18ClN3O3/c1-14(2)20-10-4-3-8(11(10)21-14)9(19)7-18-13-12(15)16-5-6-17-13/h5-6,8,10-11H,3-4,7H2,1-2H3,(H,17,18)/t8-,10?,11?/m0/s1. The normalized spacial score (nSPS) is 30.1. The third-order valence-corrected chi connectivity index (χ3v) is 4.15. The summed E-state index contributed by atoms with van der Waals surface area (Å²) < 4.78 is 11.7. The van der Waals surface area contributed by atoms with Crippen LogP contribution in [0.25, 0.3) is 0 Å². The lowest BCUT2D eigenvalue weighted by Crippen LogP contribution is -2.33. The minimum absolute atomic E-state index is 0.0223. The zero-order valence-electron chi connectivity index (χ0n) is 12.0. The van der Waals surface area contributed by atoms with Gasteiger partial charge in [0.05, 0.1) is 18.8 Å². The number of aromatic nitrogens is 2. The lowest BCUT2D eigenvalue weighted by Gasteiger charge is -2.21. The molecule has 2 heterocycles. The molecular formula is C14H18ClN3O3. The van der Waals surface area contributed by atoms with Gasteiger partial charge in [-0.25, -0.2) is 9.97 Å².